The van der Waals surface area contributed by atoms with E-state index in [1.165, 1.54) is 42.3 Å². The molecular formula is C9H8N4O2S2. The van der Waals surface area contributed by atoms with Crippen LogP contribution in [-0.2, 0) is 4.79 Å². The van der Waals surface area contributed by atoms with Crippen LogP contribution in [0.3, 0.4) is 0 Å². The molecule has 0 aliphatic carbocycles. The van der Waals surface area contributed by atoms with E-state index in [0.717, 1.165) is 4.21 Å². The first kappa shape index (κ1) is 11.8. The van der Waals surface area contributed by atoms with E-state index in [4.69, 9.17) is 0 Å². The van der Waals surface area contributed by atoms with Crippen molar-refractivity contribution in [2.75, 3.05) is 5.32 Å². The van der Waals surface area contributed by atoms with Crippen molar-refractivity contribution in [1.29, 1.82) is 0 Å². The van der Waals surface area contributed by atoms with E-state index in [0.29, 0.717) is 10.3 Å². The van der Waals surface area contributed by atoms with Crippen LogP contribution in [0.1, 0.15) is 6.92 Å². The number of amides is 1. The topological polar surface area (TPSA) is 87.7 Å². The Hall–Kier alpha value is -1.67. The highest BCUT2D eigenvalue weighted by molar-refractivity contribution is 8.01. The molecule has 0 aliphatic rings. The summed E-state index contributed by atoms with van der Waals surface area (Å²) >= 11 is 2.61. The van der Waals surface area contributed by atoms with Gasteiger partial charge < -0.3 is 10.3 Å². The molecule has 88 valence electrons. The molecule has 2 heterocycles. The van der Waals surface area contributed by atoms with Crippen LogP contribution in [0.2, 0.25) is 0 Å². The maximum atomic E-state index is 11.1. The lowest BCUT2D eigenvalue weighted by Crippen LogP contribution is -2.04. The van der Waals surface area contributed by atoms with Crippen LogP contribution in [0.5, 0.6) is 0 Å². The number of thiazole rings is 1. The highest BCUT2D eigenvalue weighted by Crippen LogP contribution is 2.31. The lowest BCUT2D eigenvalue weighted by molar-refractivity contribution is -0.114. The highest BCUT2D eigenvalue weighted by atomic mass is 32.2. The zero-order valence-electron chi connectivity index (χ0n) is 8.76. The van der Waals surface area contributed by atoms with Crippen molar-refractivity contribution in [2.45, 2.75) is 16.3 Å². The number of carbonyl (C=O) groups excluding carboxylic acids is 1. The molecule has 0 fully saturated rings. The van der Waals surface area contributed by atoms with E-state index in [9.17, 15) is 9.59 Å². The van der Waals surface area contributed by atoms with E-state index in [1.54, 1.807) is 6.20 Å². The number of carbonyl (C=O) groups is 1. The normalized spacial score (nSPS) is 10.2. The second-order valence-corrected chi connectivity index (χ2v) is 5.33. The second kappa shape index (κ2) is 5.11. The number of hydrogen-bond acceptors (Lipinski definition) is 6. The van der Waals surface area contributed by atoms with Gasteiger partial charge in [0.25, 0.3) is 5.56 Å². The maximum absolute atomic E-state index is 11.1. The quantitative estimate of drug-likeness (QED) is 0.820. The molecule has 17 heavy (non-hydrogen) atoms. The van der Waals surface area contributed by atoms with E-state index in [1.807, 2.05) is 0 Å². The molecular weight excluding hydrogens is 260 g/mol. The minimum absolute atomic E-state index is 0.165. The van der Waals surface area contributed by atoms with E-state index in [2.05, 4.69) is 20.3 Å². The smallest absolute Gasteiger partial charge is 0.251 e. The van der Waals surface area contributed by atoms with Crippen LogP contribution in [0.25, 0.3) is 0 Å². The van der Waals surface area contributed by atoms with Crippen molar-refractivity contribution in [3.63, 3.8) is 0 Å². The van der Waals surface area contributed by atoms with Crippen molar-refractivity contribution in [1.82, 2.24) is 15.0 Å². The number of rotatable bonds is 3. The predicted molar refractivity (Wildman–Crippen MR) is 65.4 cm³/mol. The molecule has 6 nitrogen and oxygen atoms in total. The molecule has 2 rings (SSSR count). The lowest BCUT2D eigenvalue weighted by Gasteiger charge is -1.95. The summed E-state index contributed by atoms with van der Waals surface area (Å²) in [7, 11) is 0. The fourth-order valence-corrected chi connectivity index (χ4v) is 2.81. The van der Waals surface area contributed by atoms with Crippen LogP contribution in [-0.4, -0.2) is 20.9 Å². The Labute approximate surface area is 105 Å². The number of aromatic nitrogens is 3. The summed E-state index contributed by atoms with van der Waals surface area (Å²) in [5, 5.41) is 3.61. The van der Waals surface area contributed by atoms with Gasteiger partial charge in [-0.25, -0.2) is 9.97 Å². The molecule has 0 aliphatic heterocycles. The molecule has 0 bridgehead atoms. The molecule has 2 aromatic rings. The highest BCUT2D eigenvalue weighted by Gasteiger charge is 2.06. The number of aromatic amines is 1. The van der Waals surface area contributed by atoms with Crippen molar-refractivity contribution in [3.8, 4) is 0 Å². The molecule has 0 saturated carbocycles. The fraction of sp³-hybridized carbons (Fsp3) is 0.111. The van der Waals surface area contributed by atoms with Crippen molar-refractivity contribution in [2.24, 2.45) is 0 Å². The summed E-state index contributed by atoms with van der Waals surface area (Å²) < 4.78 is 0.836. The minimum Gasteiger partial charge on any atom is -0.302 e. The van der Waals surface area contributed by atoms with E-state index in [-0.39, 0.29) is 11.5 Å². The number of hydrogen-bond donors (Lipinski definition) is 2. The van der Waals surface area contributed by atoms with Gasteiger partial charge >= 0.3 is 0 Å². The summed E-state index contributed by atoms with van der Waals surface area (Å²) in [4.78, 5) is 32.5. The van der Waals surface area contributed by atoms with Gasteiger partial charge in [0.2, 0.25) is 5.91 Å². The molecule has 2 N–H and O–H groups in total. The third-order valence-electron chi connectivity index (χ3n) is 1.61. The monoisotopic (exact) mass is 268 g/mol. The predicted octanol–water partition coefficient (Wildman–Crippen LogP) is 1.34. The Morgan fingerprint density at radius 2 is 2.35 bits per heavy atom. The Morgan fingerprint density at radius 3 is 3.06 bits per heavy atom. The zero-order chi connectivity index (χ0) is 12.3. The first-order chi connectivity index (χ1) is 8.13. The fourth-order valence-electron chi connectivity index (χ4n) is 1.01. The summed E-state index contributed by atoms with van der Waals surface area (Å²) in [6.45, 7) is 1.42. The molecule has 0 unspecified atom stereocenters. The number of anilines is 1. The average molecular weight is 268 g/mol. The molecule has 0 aromatic carbocycles. The Balaban J connectivity index is 2.11. The van der Waals surface area contributed by atoms with Gasteiger partial charge in [-0.3, -0.25) is 9.59 Å². The molecule has 0 atom stereocenters. The average Bonchev–Trinajstić information content (AvgIpc) is 2.64. The van der Waals surface area contributed by atoms with Crippen molar-refractivity contribution < 1.29 is 4.79 Å². The first-order valence-corrected chi connectivity index (χ1v) is 6.23. The first-order valence-electron chi connectivity index (χ1n) is 4.60. The van der Waals surface area contributed by atoms with Gasteiger partial charge in [-0.1, -0.05) is 11.3 Å². The number of nitrogens with zero attached hydrogens (tertiary/aromatic N) is 2. The van der Waals surface area contributed by atoms with Crippen molar-refractivity contribution in [3.05, 3.63) is 28.8 Å². The molecule has 0 saturated heterocycles. The number of H-pyrrole nitrogens is 1. The third kappa shape index (κ3) is 3.40. The minimum atomic E-state index is -0.200. The molecule has 0 spiro atoms. The van der Waals surface area contributed by atoms with E-state index < -0.39 is 0 Å². The molecule has 1 amide bonds. The Bertz CT molecular complexity index is 592. The summed E-state index contributed by atoms with van der Waals surface area (Å²) in [6, 6.07) is 1.35. The van der Waals surface area contributed by atoms with Gasteiger partial charge in [-0.2, -0.15) is 0 Å². The summed E-state index contributed by atoms with van der Waals surface area (Å²) in [6.07, 6.45) is 3.06. The van der Waals surface area contributed by atoms with Gasteiger partial charge in [0.1, 0.15) is 0 Å². The molecule has 0 radical (unpaired) electrons. The molecule has 8 heteroatoms. The second-order valence-electron chi connectivity index (χ2n) is 3.01. The van der Waals surface area contributed by atoms with Crippen LogP contribution < -0.4 is 10.9 Å². The lowest BCUT2D eigenvalue weighted by atomic mass is 10.7. The van der Waals surface area contributed by atoms with Gasteiger partial charge in [-0.15, -0.1) is 0 Å². The summed E-state index contributed by atoms with van der Waals surface area (Å²) in [5.41, 5.74) is -0.200. The summed E-state index contributed by atoms with van der Waals surface area (Å²) in [5.74, 6) is -0.165. The van der Waals surface area contributed by atoms with E-state index >= 15 is 0 Å². The largest absolute Gasteiger partial charge is 0.302 e. The van der Waals surface area contributed by atoms with Gasteiger partial charge in [-0.05, 0) is 11.8 Å². The standard InChI is InChI=1S/C9H8N4O2S2/c1-5(14)12-9-11-4-7(17-9)16-8-10-3-2-6(15)13-8/h2-4H,1H3,(H,10,13,15)(H,11,12,14). The Morgan fingerprint density at radius 1 is 1.53 bits per heavy atom. The van der Waals surface area contributed by atoms with Crippen LogP contribution >= 0.6 is 23.1 Å². The maximum Gasteiger partial charge on any atom is 0.251 e. The van der Waals surface area contributed by atoms with Crippen LogP contribution in [0, 0.1) is 0 Å². The van der Waals surface area contributed by atoms with Crippen LogP contribution in [0.4, 0.5) is 5.13 Å². The van der Waals surface area contributed by atoms with Gasteiger partial charge in [0.05, 0.1) is 10.4 Å². The van der Waals surface area contributed by atoms with Gasteiger partial charge in [0, 0.05) is 19.2 Å². The van der Waals surface area contributed by atoms with Gasteiger partial charge in [0.15, 0.2) is 10.3 Å². The van der Waals surface area contributed by atoms with Crippen molar-refractivity contribution >= 4 is 34.1 Å². The SMILES string of the molecule is CC(=O)Nc1ncc(Sc2nccc(=O)[nH]2)s1. The Kier molecular flexibility index (Phi) is 3.55. The molecule has 2 aromatic heterocycles. The third-order valence-corrected chi connectivity index (χ3v) is 3.53. The zero-order valence-corrected chi connectivity index (χ0v) is 10.4. The van der Waals surface area contributed by atoms with Crippen LogP contribution in [0.15, 0.2) is 32.6 Å². The number of nitrogens with one attached hydrogen (secondary N) is 2.